The highest BCUT2D eigenvalue weighted by molar-refractivity contribution is 5.88. The third kappa shape index (κ3) is 2.68. The first-order valence-electron chi connectivity index (χ1n) is 7.93. The number of hydrogen-bond acceptors (Lipinski definition) is 5. The molecule has 0 radical (unpaired) electrons. The van der Waals surface area contributed by atoms with Gasteiger partial charge in [0, 0.05) is 19.6 Å². The van der Waals surface area contributed by atoms with Gasteiger partial charge < -0.3 is 14.8 Å². The number of aryl methyl sites for hydroxylation is 1. The largest absolute Gasteiger partial charge is 0.344 e. The van der Waals surface area contributed by atoms with Gasteiger partial charge in [-0.05, 0) is 12.5 Å². The van der Waals surface area contributed by atoms with E-state index in [4.69, 9.17) is 0 Å². The smallest absolute Gasteiger partial charge is 0.242 e. The minimum Gasteiger partial charge on any atom is -0.344 e. The van der Waals surface area contributed by atoms with Gasteiger partial charge in [0.15, 0.2) is 11.5 Å². The molecule has 1 N–H and O–H groups in total. The number of piperazine rings is 1. The number of aromatic nitrogens is 4. The van der Waals surface area contributed by atoms with Crippen molar-refractivity contribution in [2.75, 3.05) is 24.5 Å². The summed E-state index contributed by atoms with van der Waals surface area (Å²) in [4.78, 5) is 32.1. The molecule has 4 rings (SSSR count). The first-order valence-corrected chi connectivity index (χ1v) is 7.93. The number of imidazole rings is 1. The number of rotatable bonds is 3. The van der Waals surface area contributed by atoms with Crippen molar-refractivity contribution in [2.45, 2.75) is 13.5 Å². The zero-order chi connectivity index (χ0) is 16.5. The maximum atomic E-state index is 12.6. The molecule has 2 aromatic heterocycles. The van der Waals surface area contributed by atoms with Crippen molar-refractivity contribution in [2.24, 2.45) is 0 Å². The number of anilines is 1. The van der Waals surface area contributed by atoms with E-state index >= 15 is 0 Å². The van der Waals surface area contributed by atoms with Crippen LogP contribution in [0.15, 0.2) is 36.9 Å². The Kier molecular flexibility index (Phi) is 3.60. The first kappa shape index (κ1) is 14.6. The Balaban J connectivity index is 1.50. The topological polar surface area (TPSA) is 78.0 Å². The SMILES string of the molecule is Cc1cccc(CN2CCN(c3ncnc4nc[nH]c34)CC2=O)c1. The molecule has 1 fully saturated rings. The summed E-state index contributed by atoms with van der Waals surface area (Å²) in [7, 11) is 0. The summed E-state index contributed by atoms with van der Waals surface area (Å²) in [6.45, 7) is 4.44. The molecule has 7 heteroatoms. The quantitative estimate of drug-likeness (QED) is 0.791. The van der Waals surface area contributed by atoms with Crippen LogP contribution in [0.5, 0.6) is 0 Å². The van der Waals surface area contributed by atoms with E-state index in [0.29, 0.717) is 25.3 Å². The van der Waals surface area contributed by atoms with E-state index in [2.05, 4.69) is 45.1 Å². The fourth-order valence-corrected chi connectivity index (χ4v) is 3.08. The molecule has 24 heavy (non-hydrogen) atoms. The number of hydrogen-bond donors (Lipinski definition) is 1. The van der Waals surface area contributed by atoms with E-state index in [1.54, 1.807) is 6.33 Å². The molecule has 3 aromatic rings. The number of H-pyrrole nitrogens is 1. The summed E-state index contributed by atoms with van der Waals surface area (Å²) in [6.07, 6.45) is 3.08. The molecule has 0 saturated carbocycles. The number of nitrogens with one attached hydrogen (secondary N) is 1. The Hall–Kier alpha value is -2.96. The number of nitrogens with zero attached hydrogens (tertiary/aromatic N) is 5. The molecule has 0 aliphatic carbocycles. The van der Waals surface area contributed by atoms with Crippen LogP contribution in [0.4, 0.5) is 5.82 Å². The number of carbonyl (C=O) groups excluding carboxylic acids is 1. The van der Waals surface area contributed by atoms with Crippen molar-refractivity contribution in [3.05, 3.63) is 48.0 Å². The average Bonchev–Trinajstić information content (AvgIpc) is 3.05. The predicted octanol–water partition coefficient (Wildman–Crippen LogP) is 1.51. The first-order chi connectivity index (χ1) is 11.7. The minimum absolute atomic E-state index is 0.106. The zero-order valence-corrected chi connectivity index (χ0v) is 13.4. The maximum absolute atomic E-state index is 12.6. The molecule has 0 atom stereocenters. The highest BCUT2D eigenvalue weighted by Crippen LogP contribution is 2.21. The van der Waals surface area contributed by atoms with E-state index in [0.717, 1.165) is 23.4 Å². The Labute approximate surface area is 139 Å². The van der Waals surface area contributed by atoms with Gasteiger partial charge in [-0.3, -0.25) is 4.79 Å². The second-order valence-electron chi connectivity index (χ2n) is 6.02. The van der Waals surface area contributed by atoms with E-state index in [-0.39, 0.29) is 5.91 Å². The van der Waals surface area contributed by atoms with Gasteiger partial charge in [-0.25, -0.2) is 15.0 Å². The lowest BCUT2D eigenvalue weighted by Crippen LogP contribution is -2.50. The molecule has 1 aliphatic rings. The standard InChI is InChI=1S/C17H18N6O/c1-12-3-2-4-13(7-12)8-22-5-6-23(9-14(22)24)17-15-16(19-10-18-15)20-11-21-17/h2-4,7,10-11H,5-6,8-9H2,1H3,(H,18,19,20,21). The van der Waals surface area contributed by atoms with E-state index in [1.807, 2.05) is 15.9 Å². The number of fused-ring (bicyclic) bond motifs is 1. The van der Waals surface area contributed by atoms with Gasteiger partial charge in [0.2, 0.25) is 5.91 Å². The Morgan fingerprint density at radius 1 is 1.21 bits per heavy atom. The average molecular weight is 322 g/mol. The van der Waals surface area contributed by atoms with E-state index in [1.165, 1.54) is 11.9 Å². The normalized spacial score (nSPS) is 15.3. The van der Waals surface area contributed by atoms with Crippen molar-refractivity contribution in [1.82, 2.24) is 24.8 Å². The number of aromatic amines is 1. The zero-order valence-electron chi connectivity index (χ0n) is 13.4. The lowest BCUT2D eigenvalue weighted by Gasteiger charge is -2.35. The predicted molar refractivity (Wildman–Crippen MR) is 90.5 cm³/mol. The molecular formula is C17H18N6O. The van der Waals surface area contributed by atoms with Gasteiger partial charge in [-0.2, -0.15) is 0 Å². The molecule has 1 aromatic carbocycles. The molecule has 0 bridgehead atoms. The van der Waals surface area contributed by atoms with Gasteiger partial charge in [0.1, 0.15) is 11.8 Å². The highest BCUT2D eigenvalue weighted by atomic mass is 16.2. The van der Waals surface area contributed by atoms with Gasteiger partial charge >= 0.3 is 0 Å². The molecule has 0 unspecified atom stereocenters. The second-order valence-corrected chi connectivity index (χ2v) is 6.02. The van der Waals surface area contributed by atoms with Gasteiger partial charge in [0.05, 0.1) is 12.9 Å². The molecule has 122 valence electrons. The molecule has 1 aliphatic heterocycles. The molecule has 0 spiro atoms. The van der Waals surface area contributed by atoms with Crippen LogP contribution in [0.2, 0.25) is 0 Å². The van der Waals surface area contributed by atoms with Crippen LogP contribution in [-0.2, 0) is 11.3 Å². The lowest BCUT2D eigenvalue weighted by atomic mass is 10.1. The van der Waals surface area contributed by atoms with Crippen molar-refractivity contribution >= 4 is 22.9 Å². The van der Waals surface area contributed by atoms with Crippen molar-refractivity contribution in [3.63, 3.8) is 0 Å². The molecule has 1 saturated heterocycles. The van der Waals surface area contributed by atoms with Crippen molar-refractivity contribution in [1.29, 1.82) is 0 Å². The van der Waals surface area contributed by atoms with Crippen LogP contribution in [-0.4, -0.2) is 50.4 Å². The van der Waals surface area contributed by atoms with Crippen LogP contribution in [0.1, 0.15) is 11.1 Å². The summed E-state index contributed by atoms with van der Waals surface area (Å²) >= 11 is 0. The van der Waals surface area contributed by atoms with E-state index < -0.39 is 0 Å². The van der Waals surface area contributed by atoms with Crippen LogP contribution >= 0.6 is 0 Å². The van der Waals surface area contributed by atoms with Crippen LogP contribution in [0.25, 0.3) is 11.2 Å². The molecule has 1 amide bonds. The highest BCUT2D eigenvalue weighted by Gasteiger charge is 2.26. The van der Waals surface area contributed by atoms with Crippen LogP contribution < -0.4 is 4.90 Å². The summed E-state index contributed by atoms with van der Waals surface area (Å²) in [5.41, 5.74) is 3.77. The third-order valence-electron chi connectivity index (χ3n) is 4.28. The summed E-state index contributed by atoms with van der Waals surface area (Å²) in [5.74, 6) is 0.843. The monoisotopic (exact) mass is 322 g/mol. The maximum Gasteiger partial charge on any atom is 0.242 e. The molecule has 7 nitrogen and oxygen atoms in total. The van der Waals surface area contributed by atoms with E-state index in [9.17, 15) is 4.79 Å². The fraction of sp³-hybridized carbons (Fsp3) is 0.294. The van der Waals surface area contributed by atoms with Crippen molar-refractivity contribution in [3.8, 4) is 0 Å². The molecule has 3 heterocycles. The van der Waals surface area contributed by atoms with Crippen molar-refractivity contribution < 1.29 is 4.79 Å². The van der Waals surface area contributed by atoms with Gasteiger partial charge in [-0.15, -0.1) is 0 Å². The van der Waals surface area contributed by atoms with Crippen LogP contribution in [0, 0.1) is 6.92 Å². The number of benzene rings is 1. The minimum atomic E-state index is 0.106. The lowest BCUT2D eigenvalue weighted by molar-refractivity contribution is -0.131. The molecular weight excluding hydrogens is 304 g/mol. The fourth-order valence-electron chi connectivity index (χ4n) is 3.08. The second kappa shape index (κ2) is 5.92. The Morgan fingerprint density at radius 3 is 2.96 bits per heavy atom. The Bertz CT molecular complexity index is 889. The third-order valence-corrected chi connectivity index (χ3v) is 4.28. The number of amides is 1. The Morgan fingerprint density at radius 2 is 2.12 bits per heavy atom. The number of carbonyl (C=O) groups is 1. The summed E-state index contributed by atoms with van der Waals surface area (Å²) < 4.78 is 0. The summed E-state index contributed by atoms with van der Waals surface area (Å²) in [5, 5.41) is 0. The summed E-state index contributed by atoms with van der Waals surface area (Å²) in [6, 6.07) is 8.28. The van der Waals surface area contributed by atoms with Crippen LogP contribution in [0.3, 0.4) is 0 Å². The van der Waals surface area contributed by atoms with Gasteiger partial charge in [-0.1, -0.05) is 29.8 Å². The van der Waals surface area contributed by atoms with Gasteiger partial charge in [0.25, 0.3) is 0 Å².